The Bertz CT molecular complexity index is 321. The van der Waals surface area contributed by atoms with Crippen LogP contribution < -0.4 is 11.3 Å². The normalized spacial score (nSPS) is 14.7. The zero-order valence-corrected chi connectivity index (χ0v) is 12.0. The van der Waals surface area contributed by atoms with Crippen LogP contribution in [0.25, 0.3) is 0 Å². The Labute approximate surface area is 111 Å². The first-order valence-corrected chi connectivity index (χ1v) is 7.15. The second kappa shape index (κ2) is 8.27. The summed E-state index contributed by atoms with van der Waals surface area (Å²) in [6.45, 7) is 4.50. The predicted molar refractivity (Wildman–Crippen MR) is 75.9 cm³/mol. The molecule has 0 radical (unpaired) electrons. The molecule has 4 heteroatoms. The molecule has 0 aliphatic carbocycles. The minimum atomic E-state index is 0.413. The van der Waals surface area contributed by atoms with Crippen LogP contribution in [0.3, 0.4) is 0 Å². The van der Waals surface area contributed by atoms with Gasteiger partial charge in [-0.1, -0.05) is 33.1 Å². The van der Waals surface area contributed by atoms with Gasteiger partial charge in [-0.25, -0.2) is 0 Å². The number of nitrogens with two attached hydrogens (primary N) is 1. The molecule has 1 heterocycles. The minimum Gasteiger partial charge on any atom is -0.273 e. The summed E-state index contributed by atoms with van der Waals surface area (Å²) in [4.78, 5) is 0. The smallest absolute Gasteiger partial charge is 0.0492 e. The van der Waals surface area contributed by atoms with Crippen molar-refractivity contribution in [3.05, 3.63) is 18.0 Å². The zero-order chi connectivity index (χ0) is 13.4. The van der Waals surface area contributed by atoms with Gasteiger partial charge in [0.15, 0.2) is 0 Å². The number of unbranched alkanes of at least 4 members (excludes halogenated alkanes) is 1. The van der Waals surface area contributed by atoms with Crippen molar-refractivity contribution in [2.75, 3.05) is 0 Å². The molecule has 0 aliphatic rings. The van der Waals surface area contributed by atoms with Crippen LogP contribution in [0.4, 0.5) is 0 Å². The molecule has 1 aromatic heterocycles. The first-order valence-electron chi connectivity index (χ1n) is 7.15. The molecule has 0 aliphatic heterocycles. The van der Waals surface area contributed by atoms with Crippen molar-refractivity contribution in [1.29, 1.82) is 0 Å². The van der Waals surface area contributed by atoms with Gasteiger partial charge in [0.2, 0.25) is 0 Å². The average molecular weight is 252 g/mol. The molecule has 104 valence electrons. The van der Waals surface area contributed by atoms with Gasteiger partial charge in [-0.3, -0.25) is 16.0 Å². The Hall–Kier alpha value is -0.870. The summed E-state index contributed by atoms with van der Waals surface area (Å²) in [6, 6.07) is 2.50. The molecule has 2 unspecified atom stereocenters. The lowest BCUT2D eigenvalue weighted by Crippen LogP contribution is -2.41. The fourth-order valence-corrected chi connectivity index (χ4v) is 2.56. The Morgan fingerprint density at radius 3 is 2.67 bits per heavy atom. The third-order valence-corrected chi connectivity index (χ3v) is 3.87. The first kappa shape index (κ1) is 15.2. The van der Waals surface area contributed by atoms with Crippen molar-refractivity contribution in [3.8, 4) is 0 Å². The van der Waals surface area contributed by atoms with Gasteiger partial charge in [0.1, 0.15) is 0 Å². The van der Waals surface area contributed by atoms with Crippen molar-refractivity contribution in [2.24, 2.45) is 18.8 Å². The van der Waals surface area contributed by atoms with E-state index in [1.807, 2.05) is 17.9 Å². The van der Waals surface area contributed by atoms with E-state index in [0.29, 0.717) is 12.0 Å². The molecule has 1 rings (SSSR count). The van der Waals surface area contributed by atoms with E-state index in [1.54, 1.807) is 0 Å². The maximum atomic E-state index is 5.73. The van der Waals surface area contributed by atoms with E-state index in [9.17, 15) is 0 Å². The molecule has 4 nitrogen and oxygen atoms in total. The second-order valence-corrected chi connectivity index (χ2v) is 5.07. The van der Waals surface area contributed by atoms with Gasteiger partial charge in [0.25, 0.3) is 0 Å². The molecule has 0 bridgehead atoms. The van der Waals surface area contributed by atoms with E-state index < -0.39 is 0 Å². The summed E-state index contributed by atoms with van der Waals surface area (Å²) >= 11 is 0. The van der Waals surface area contributed by atoms with E-state index in [0.717, 1.165) is 12.8 Å². The number of nitrogens with zero attached hydrogens (tertiary/aromatic N) is 2. The number of rotatable bonds is 9. The van der Waals surface area contributed by atoms with Crippen LogP contribution in [0.15, 0.2) is 12.3 Å². The number of hydrazine groups is 1. The molecule has 3 N–H and O–H groups in total. The third-order valence-electron chi connectivity index (χ3n) is 3.87. The van der Waals surface area contributed by atoms with Crippen LogP contribution in [0, 0.1) is 5.92 Å². The maximum Gasteiger partial charge on any atom is 0.0492 e. The second-order valence-electron chi connectivity index (χ2n) is 5.07. The quantitative estimate of drug-likeness (QED) is 0.524. The van der Waals surface area contributed by atoms with Crippen LogP contribution in [-0.4, -0.2) is 15.8 Å². The Morgan fingerprint density at radius 1 is 1.39 bits per heavy atom. The molecular weight excluding hydrogens is 224 g/mol. The molecule has 2 atom stereocenters. The molecule has 0 saturated carbocycles. The van der Waals surface area contributed by atoms with Gasteiger partial charge >= 0.3 is 0 Å². The lowest BCUT2D eigenvalue weighted by atomic mass is 9.88. The maximum absolute atomic E-state index is 5.73. The van der Waals surface area contributed by atoms with Gasteiger partial charge in [0.05, 0.1) is 0 Å². The molecule has 1 aromatic rings. The molecule has 0 aromatic carbocycles. The SMILES string of the molecule is CCCCC(CC)C(CCc1ccnn1C)NN. The van der Waals surface area contributed by atoms with E-state index in [2.05, 4.69) is 30.4 Å². The van der Waals surface area contributed by atoms with Crippen molar-refractivity contribution >= 4 is 0 Å². The highest BCUT2D eigenvalue weighted by Crippen LogP contribution is 2.20. The highest BCUT2D eigenvalue weighted by atomic mass is 15.3. The lowest BCUT2D eigenvalue weighted by molar-refractivity contribution is 0.304. The molecule has 18 heavy (non-hydrogen) atoms. The highest BCUT2D eigenvalue weighted by molar-refractivity contribution is 5.00. The lowest BCUT2D eigenvalue weighted by Gasteiger charge is -2.25. The Morgan fingerprint density at radius 2 is 2.17 bits per heavy atom. The number of hydrogen-bond acceptors (Lipinski definition) is 3. The molecule has 0 amide bonds. The standard InChI is InChI=1S/C14H28N4/c1-4-6-7-12(5-2)14(17-15)9-8-13-10-11-16-18(13)3/h10-12,14,17H,4-9,15H2,1-3H3. The van der Waals surface area contributed by atoms with Gasteiger partial charge in [0, 0.05) is 25.0 Å². The molecular formula is C14H28N4. The minimum absolute atomic E-state index is 0.413. The molecule has 0 fully saturated rings. The Kier molecular flexibility index (Phi) is 6.98. The number of hydrogen-bond donors (Lipinski definition) is 2. The van der Waals surface area contributed by atoms with Crippen molar-refractivity contribution < 1.29 is 0 Å². The van der Waals surface area contributed by atoms with Crippen molar-refractivity contribution in [3.63, 3.8) is 0 Å². The van der Waals surface area contributed by atoms with E-state index in [4.69, 9.17) is 5.84 Å². The molecule has 0 saturated heterocycles. The summed E-state index contributed by atoms with van der Waals surface area (Å²) in [7, 11) is 1.99. The van der Waals surface area contributed by atoms with E-state index in [-0.39, 0.29) is 0 Å². The topological polar surface area (TPSA) is 55.9 Å². The van der Waals surface area contributed by atoms with Crippen molar-refractivity contribution in [1.82, 2.24) is 15.2 Å². The summed E-state index contributed by atoms with van der Waals surface area (Å²) in [5, 5.41) is 4.20. The van der Waals surface area contributed by atoms with Crippen LogP contribution in [-0.2, 0) is 13.5 Å². The van der Waals surface area contributed by atoms with Crippen LogP contribution >= 0.6 is 0 Å². The summed E-state index contributed by atoms with van der Waals surface area (Å²) in [5.41, 5.74) is 4.29. The average Bonchev–Trinajstić information content (AvgIpc) is 2.79. The number of aryl methyl sites for hydroxylation is 2. The van der Waals surface area contributed by atoms with Crippen LogP contribution in [0.2, 0.25) is 0 Å². The Balaban J connectivity index is 2.47. The van der Waals surface area contributed by atoms with Gasteiger partial charge < -0.3 is 0 Å². The fraction of sp³-hybridized carbons (Fsp3) is 0.786. The summed E-state index contributed by atoms with van der Waals surface area (Å²) in [6.07, 6.45) is 8.99. The molecule has 0 spiro atoms. The zero-order valence-electron chi connectivity index (χ0n) is 12.0. The van der Waals surface area contributed by atoms with Crippen LogP contribution in [0.1, 0.15) is 51.6 Å². The summed E-state index contributed by atoms with van der Waals surface area (Å²) < 4.78 is 1.95. The van der Waals surface area contributed by atoms with E-state index in [1.165, 1.54) is 31.4 Å². The number of nitrogens with one attached hydrogen (secondary N) is 1. The fourth-order valence-electron chi connectivity index (χ4n) is 2.56. The van der Waals surface area contributed by atoms with Gasteiger partial charge in [-0.2, -0.15) is 5.10 Å². The van der Waals surface area contributed by atoms with Crippen LogP contribution in [0.5, 0.6) is 0 Å². The predicted octanol–water partition coefficient (Wildman–Crippen LogP) is 2.40. The van der Waals surface area contributed by atoms with Gasteiger partial charge in [-0.05, 0) is 31.2 Å². The monoisotopic (exact) mass is 252 g/mol. The van der Waals surface area contributed by atoms with E-state index >= 15 is 0 Å². The third kappa shape index (κ3) is 4.42. The summed E-state index contributed by atoms with van der Waals surface area (Å²) in [5.74, 6) is 6.41. The number of aromatic nitrogens is 2. The highest BCUT2D eigenvalue weighted by Gasteiger charge is 2.18. The largest absolute Gasteiger partial charge is 0.273 e. The van der Waals surface area contributed by atoms with Crippen molar-refractivity contribution in [2.45, 2.75) is 58.4 Å². The van der Waals surface area contributed by atoms with Gasteiger partial charge in [-0.15, -0.1) is 0 Å². The first-order chi connectivity index (χ1) is 8.72.